The minimum absolute atomic E-state index is 0.164. The van der Waals surface area contributed by atoms with Gasteiger partial charge in [0.15, 0.2) is 5.60 Å². The Hall–Kier alpha value is -1.67. The number of hydrogen-bond donors (Lipinski definition) is 1. The van der Waals surface area contributed by atoms with Gasteiger partial charge in [0.05, 0.1) is 13.2 Å². The summed E-state index contributed by atoms with van der Waals surface area (Å²) in [6, 6.07) is 7.00. The molecular formula is C26H39NO6. The van der Waals surface area contributed by atoms with Crippen LogP contribution < -0.4 is 0 Å². The van der Waals surface area contributed by atoms with Crippen molar-refractivity contribution in [3.63, 3.8) is 0 Å². The normalized spacial score (nSPS) is 28.5. The Labute approximate surface area is 197 Å². The number of ether oxygens (including phenoxy) is 2. The Balaban J connectivity index is 1.32. The largest absolute Gasteiger partial charge is 0.508 e. The minimum Gasteiger partial charge on any atom is -0.508 e. The second kappa shape index (κ2) is 9.17. The number of carbonyl (C=O) groups excluding carboxylic acids is 1. The first-order valence-corrected chi connectivity index (χ1v) is 12.3. The molecule has 4 rings (SSSR count). The highest BCUT2D eigenvalue weighted by atomic mass is 17.3. The van der Waals surface area contributed by atoms with Crippen molar-refractivity contribution in [3.05, 3.63) is 29.8 Å². The van der Waals surface area contributed by atoms with Crippen LogP contribution in [0.2, 0.25) is 0 Å². The van der Waals surface area contributed by atoms with E-state index >= 15 is 0 Å². The van der Waals surface area contributed by atoms with Crippen LogP contribution in [0.5, 0.6) is 5.75 Å². The summed E-state index contributed by atoms with van der Waals surface area (Å²) < 4.78 is 12.4. The zero-order chi connectivity index (χ0) is 23.7. The third-order valence-corrected chi connectivity index (χ3v) is 7.62. The number of benzene rings is 1. The lowest BCUT2D eigenvalue weighted by Gasteiger charge is -2.61. The molecule has 1 aromatic rings. The van der Waals surface area contributed by atoms with E-state index in [0.717, 1.165) is 50.8 Å². The molecule has 7 heteroatoms. The predicted octanol–water partition coefficient (Wildman–Crippen LogP) is 4.53. The summed E-state index contributed by atoms with van der Waals surface area (Å²) in [5.41, 5.74) is -0.791. The average Bonchev–Trinajstić information content (AvgIpc) is 3.32. The molecule has 3 fully saturated rings. The molecule has 2 unspecified atom stereocenters. The molecule has 3 aliphatic heterocycles. The number of fused-ring (bicyclic) bond motifs is 1. The summed E-state index contributed by atoms with van der Waals surface area (Å²) in [6.45, 7) is 11.9. The number of likely N-dealkylation sites (tertiary alicyclic amines) is 1. The number of aromatic hydroxyl groups is 1. The molecule has 0 aromatic heterocycles. The van der Waals surface area contributed by atoms with Crippen LogP contribution in [0.25, 0.3) is 0 Å². The molecule has 2 atom stereocenters. The molecule has 0 radical (unpaired) electrons. The van der Waals surface area contributed by atoms with Crippen LogP contribution in [-0.4, -0.2) is 54.4 Å². The number of carbonyl (C=O) groups is 1. The molecule has 0 bridgehead atoms. The molecule has 0 saturated carbocycles. The fourth-order valence-corrected chi connectivity index (χ4v) is 6.00. The van der Waals surface area contributed by atoms with Crippen LogP contribution >= 0.6 is 0 Å². The monoisotopic (exact) mass is 461 g/mol. The van der Waals surface area contributed by atoms with E-state index in [2.05, 4.69) is 27.7 Å². The number of nitrogens with zero attached hydrogens (tertiary/aromatic N) is 1. The quantitative estimate of drug-likeness (QED) is 0.408. The van der Waals surface area contributed by atoms with E-state index in [1.165, 1.54) is 0 Å². The van der Waals surface area contributed by atoms with Crippen molar-refractivity contribution < 1.29 is 29.1 Å². The first kappa shape index (κ1) is 24.5. The Bertz CT molecular complexity index is 849. The summed E-state index contributed by atoms with van der Waals surface area (Å²) in [5.74, 6) is -0.628. The SMILES string of the molecule is CC(C)(COCCCCCC(=O)N1CCCC1)C12OOC1(c1cccc(O)c1)OCC2(C)C. The number of phenols is 1. The van der Waals surface area contributed by atoms with E-state index in [4.69, 9.17) is 19.2 Å². The van der Waals surface area contributed by atoms with Crippen molar-refractivity contribution in [2.24, 2.45) is 10.8 Å². The van der Waals surface area contributed by atoms with Gasteiger partial charge in [0.2, 0.25) is 5.91 Å². The molecule has 1 amide bonds. The summed E-state index contributed by atoms with van der Waals surface area (Å²) >= 11 is 0. The fourth-order valence-electron chi connectivity index (χ4n) is 6.00. The third-order valence-electron chi connectivity index (χ3n) is 7.62. The van der Waals surface area contributed by atoms with Gasteiger partial charge in [-0.2, -0.15) is 4.89 Å². The van der Waals surface area contributed by atoms with Crippen LogP contribution in [0.1, 0.15) is 71.8 Å². The highest BCUT2D eigenvalue weighted by Crippen LogP contribution is 2.69. The van der Waals surface area contributed by atoms with Crippen molar-refractivity contribution in [2.45, 2.75) is 77.6 Å². The Morgan fingerprint density at radius 3 is 2.58 bits per heavy atom. The maximum absolute atomic E-state index is 12.2. The lowest BCUT2D eigenvalue weighted by Crippen LogP contribution is -2.74. The second-order valence-electron chi connectivity index (χ2n) is 11.0. The molecule has 3 heterocycles. The predicted molar refractivity (Wildman–Crippen MR) is 123 cm³/mol. The van der Waals surface area contributed by atoms with E-state index in [1.54, 1.807) is 18.2 Å². The standard InChI is InChI=1S/C26H39NO6/c1-23(2,18-30-16-9-5-6-13-22(29)27-14-7-8-15-27)26-24(3,4)19-31-25(26,32-33-26)20-11-10-12-21(28)17-20/h10-12,17,28H,5-9,13-16,18-19H2,1-4H3. The van der Waals surface area contributed by atoms with Gasteiger partial charge in [-0.1, -0.05) is 46.2 Å². The average molecular weight is 462 g/mol. The van der Waals surface area contributed by atoms with Gasteiger partial charge in [-0.25, -0.2) is 4.89 Å². The van der Waals surface area contributed by atoms with E-state index in [0.29, 0.717) is 32.1 Å². The van der Waals surface area contributed by atoms with E-state index in [1.807, 2.05) is 11.0 Å². The van der Waals surface area contributed by atoms with Crippen LogP contribution in [0.15, 0.2) is 24.3 Å². The smallest absolute Gasteiger partial charge is 0.261 e. The highest BCUT2D eigenvalue weighted by Gasteiger charge is 2.82. The molecule has 3 aliphatic rings. The van der Waals surface area contributed by atoms with Gasteiger partial charge in [-0.15, -0.1) is 0 Å². The maximum atomic E-state index is 12.2. The highest BCUT2D eigenvalue weighted by molar-refractivity contribution is 5.76. The topological polar surface area (TPSA) is 77.5 Å². The van der Waals surface area contributed by atoms with E-state index < -0.39 is 16.8 Å². The first-order valence-electron chi connectivity index (χ1n) is 12.3. The zero-order valence-electron chi connectivity index (χ0n) is 20.5. The van der Waals surface area contributed by atoms with Crippen molar-refractivity contribution in [1.82, 2.24) is 4.90 Å². The van der Waals surface area contributed by atoms with Gasteiger partial charge in [-0.3, -0.25) is 4.79 Å². The molecule has 1 N–H and O–H groups in total. The Morgan fingerprint density at radius 2 is 1.91 bits per heavy atom. The van der Waals surface area contributed by atoms with Crippen LogP contribution in [0.3, 0.4) is 0 Å². The molecule has 7 nitrogen and oxygen atoms in total. The molecule has 0 spiro atoms. The van der Waals surface area contributed by atoms with Crippen molar-refractivity contribution in [1.29, 1.82) is 0 Å². The molecule has 184 valence electrons. The van der Waals surface area contributed by atoms with Crippen LogP contribution in [0.4, 0.5) is 0 Å². The molecule has 0 aliphatic carbocycles. The number of rotatable bonds is 10. The van der Waals surface area contributed by atoms with Crippen molar-refractivity contribution in [2.75, 3.05) is 32.9 Å². The van der Waals surface area contributed by atoms with Gasteiger partial charge in [-0.05, 0) is 37.8 Å². The lowest BCUT2D eigenvalue weighted by molar-refractivity contribution is -0.628. The van der Waals surface area contributed by atoms with Gasteiger partial charge >= 0.3 is 0 Å². The Kier molecular flexibility index (Phi) is 6.80. The number of unbranched alkanes of at least 4 members (excludes halogenated alkanes) is 2. The number of hydrogen-bond acceptors (Lipinski definition) is 6. The fraction of sp³-hybridized carbons (Fsp3) is 0.731. The number of phenolic OH excluding ortho intramolecular Hbond substituents is 1. The first-order chi connectivity index (χ1) is 15.7. The summed E-state index contributed by atoms with van der Waals surface area (Å²) in [4.78, 5) is 25.8. The summed E-state index contributed by atoms with van der Waals surface area (Å²) in [7, 11) is 0. The molecular weight excluding hydrogens is 422 g/mol. The molecule has 1 aromatic carbocycles. The van der Waals surface area contributed by atoms with Crippen LogP contribution in [-0.2, 0) is 29.8 Å². The number of amides is 1. The zero-order valence-corrected chi connectivity index (χ0v) is 20.5. The Morgan fingerprint density at radius 1 is 1.15 bits per heavy atom. The summed E-state index contributed by atoms with van der Waals surface area (Å²) in [6.07, 6.45) is 5.72. The summed E-state index contributed by atoms with van der Waals surface area (Å²) in [5, 5.41) is 10.1. The van der Waals surface area contributed by atoms with Gasteiger partial charge < -0.3 is 19.5 Å². The lowest BCUT2D eigenvalue weighted by atomic mass is 9.57. The molecule has 3 saturated heterocycles. The van der Waals surface area contributed by atoms with Gasteiger partial charge in [0.25, 0.3) is 5.79 Å². The third kappa shape index (κ3) is 4.07. The molecule has 33 heavy (non-hydrogen) atoms. The van der Waals surface area contributed by atoms with Crippen LogP contribution in [0, 0.1) is 10.8 Å². The van der Waals surface area contributed by atoms with Gasteiger partial charge in [0.1, 0.15) is 5.75 Å². The van der Waals surface area contributed by atoms with Crippen molar-refractivity contribution >= 4 is 5.91 Å². The maximum Gasteiger partial charge on any atom is 0.261 e. The van der Waals surface area contributed by atoms with E-state index in [9.17, 15) is 9.90 Å². The van der Waals surface area contributed by atoms with E-state index in [-0.39, 0.29) is 11.2 Å². The second-order valence-corrected chi connectivity index (χ2v) is 11.0. The minimum atomic E-state index is -1.09. The van der Waals surface area contributed by atoms with Crippen molar-refractivity contribution in [3.8, 4) is 5.75 Å². The van der Waals surface area contributed by atoms with Gasteiger partial charge in [0, 0.05) is 42.5 Å².